The van der Waals surface area contributed by atoms with Gasteiger partial charge in [0.25, 0.3) is 11.5 Å². The number of H-pyrrole nitrogens is 1. The number of halogens is 2. The van der Waals surface area contributed by atoms with Crippen molar-refractivity contribution in [2.45, 2.75) is 13.5 Å². The fourth-order valence-corrected chi connectivity index (χ4v) is 4.90. The third-order valence-electron chi connectivity index (χ3n) is 6.29. The van der Waals surface area contributed by atoms with Crippen molar-refractivity contribution in [2.24, 2.45) is 7.05 Å². The van der Waals surface area contributed by atoms with E-state index in [1.165, 1.54) is 43.7 Å². The molecule has 3 N–H and O–H groups in total. The van der Waals surface area contributed by atoms with Crippen LogP contribution in [0.2, 0.25) is 0 Å². The van der Waals surface area contributed by atoms with Crippen molar-refractivity contribution in [1.82, 2.24) is 14.9 Å². The number of nitrogens with zero attached hydrogens (tertiary/aromatic N) is 1. The maximum Gasteiger partial charge on any atom is 0.273 e. The summed E-state index contributed by atoms with van der Waals surface area (Å²) >= 11 is 0. The van der Waals surface area contributed by atoms with Gasteiger partial charge in [-0.3, -0.25) is 14.3 Å². The fourth-order valence-electron chi connectivity index (χ4n) is 4.26. The lowest BCUT2D eigenvalue weighted by Crippen LogP contribution is -2.26. The average molecular weight is 583 g/mol. The summed E-state index contributed by atoms with van der Waals surface area (Å²) in [7, 11) is -2.03. The molecule has 5 rings (SSSR count). The van der Waals surface area contributed by atoms with Crippen molar-refractivity contribution < 1.29 is 31.1 Å². The standard InChI is InChI=1S/C28H24F2N4O6S/c1-3-41(37,38)33-18-5-7-24(40-25-6-4-17(29)10-22(25)30)19(11-18)21-14-34(2)26-20(21)12-23(32-28(26)36)27(35)31-13-16-8-9-39-15-16/h4-12,14-15,33H,3,13H2,1-2H3,(H,31,35)(H,32,36). The summed E-state index contributed by atoms with van der Waals surface area (Å²) in [5.41, 5.74) is 1.26. The van der Waals surface area contributed by atoms with Gasteiger partial charge in [-0.05, 0) is 49.4 Å². The Morgan fingerprint density at radius 2 is 1.85 bits per heavy atom. The molecule has 0 fully saturated rings. The molecule has 2 aromatic carbocycles. The molecule has 0 aliphatic rings. The van der Waals surface area contributed by atoms with Gasteiger partial charge in [-0.15, -0.1) is 0 Å². The van der Waals surface area contributed by atoms with Gasteiger partial charge in [0.05, 0.1) is 18.3 Å². The number of hydrogen-bond acceptors (Lipinski definition) is 6. The topological polar surface area (TPSA) is 135 Å². The van der Waals surface area contributed by atoms with E-state index in [-0.39, 0.29) is 46.3 Å². The van der Waals surface area contributed by atoms with Gasteiger partial charge in [-0.25, -0.2) is 17.2 Å². The predicted molar refractivity (Wildman–Crippen MR) is 148 cm³/mol. The fraction of sp³-hybridized carbons (Fsp3) is 0.143. The highest BCUT2D eigenvalue weighted by atomic mass is 32.2. The molecule has 0 atom stereocenters. The van der Waals surface area contributed by atoms with Crippen molar-refractivity contribution in [3.63, 3.8) is 0 Å². The Bertz CT molecular complexity index is 1930. The number of aryl methyl sites for hydroxylation is 1. The largest absolute Gasteiger partial charge is 0.472 e. The Labute approximate surface area is 232 Å². The van der Waals surface area contributed by atoms with E-state index in [9.17, 15) is 26.8 Å². The van der Waals surface area contributed by atoms with Gasteiger partial charge in [0.15, 0.2) is 11.6 Å². The summed E-state index contributed by atoms with van der Waals surface area (Å²) in [4.78, 5) is 28.6. The number of pyridine rings is 1. The van der Waals surface area contributed by atoms with Crippen LogP contribution in [0.5, 0.6) is 11.5 Å². The van der Waals surface area contributed by atoms with E-state index in [1.807, 2.05) is 0 Å². The van der Waals surface area contributed by atoms with Crippen molar-refractivity contribution in [3.05, 3.63) is 100 Å². The number of fused-ring (bicyclic) bond motifs is 1. The van der Waals surface area contributed by atoms with Crippen LogP contribution in [0.3, 0.4) is 0 Å². The zero-order valence-electron chi connectivity index (χ0n) is 21.8. The molecule has 0 bridgehead atoms. The van der Waals surface area contributed by atoms with Crippen LogP contribution >= 0.6 is 0 Å². The predicted octanol–water partition coefficient (Wildman–Crippen LogP) is 4.89. The van der Waals surface area contributed by atoms with Crippen molar-refractivity contribution in [1.29, 1.82) is 0 Å². The second kappa shape index (κ2) is 10.9. The first-order chi connectivity index (χ1) is 19.5. The van der Waals surface area contributed by atoms with Crippen LogP contribution in [0.15, 0.2) is 76.5 Å². The molecule has 10 nitrogen and oxygen atoms in total. The first kappa shape index (κ1) is 27.6. The summed E-state index contributed by atoms with van der Waals surface area (Å²) in [6.07, 6.45) is 4.55. The second-order valence-corrected chi connectivity index (χ2v) is 11.1. The van der Waals surface area contributed by atoms with E-state index in [0.29, 0.717) is 17.0 Å². The molecule has 13 heteroatoms. The highest BCUT2D eigenvalue weighted by molar-refractivity contribution is 7.92. The minimum atomic E-state index is -3.65. The van der Waals surface area contributed by atoms with Crippen LogP contribution in [-0.4, -0.2) is 29.6 Å². The number of aromatic amines is 1. The number of ether oxygens (including phenoxy) is 1. The Kier molecular flexibility index (Phi) is 7.37. The van der Waals surface area contributed by atoms with Crippen LogP contribution in [0.4, 0.5) is 14.5 Å². The van der Waals surface area contributed by atoms with E-state index < -0.39 is 33.1 Å². The third-order valence-corrected chi connectivity index (χ3v) is 7.59. The van der Waals surface area contributed by atoms with Gasteiger partial charge in [0.1, 0.15) is 22.8 Å². The molecule has 0 aliphatic carbocycles. The summed E-state index contributed by atoms with van der Waals surface area (Å²) in [6.45, 7) is 1.64. The molecule has 0 aliphatic heterocycles. The van der Waals surface area contributed by atoms with Gasteiger partial charge in [-0.1, -0.05) is 0 Å². The third kappa shape index (κ3) is 5.84. The molecule has 5 aromatic rings. The number of rotatable bonds is 9. The van der Waals surface area contributed by atoms with Gasteiger partial charge >= 0.3 is 0 Å². The smallest absolute Gasteiger partial charge is 0.273 e. The molecular formula is C28H24F2N4O6S. The van der Waals surface area contributed by atoms with E-state index in [4.69, 9.17) is 9.15 Å². The molecule has 3 heterocycles. The number of furan rings is 1. The van der Waals surface area contributed by atoms with Crippen LogP contribution < -0.4 is 20.3 Å². The lowest BCUT2D eigenvalue weighted by Gasteiger charge is -2.14. The van der Waals surface area contributed by atoms with E-state index in [2.05, 4.69) is 15.0 Å². The average Bonchev–Trinajstić information content (AvgIpc) is 3.57. The number of sulfonamides is 1. The van der Waals surface area contributed by atoms with E-state index >= 15 is 0 Å². The number of benzene rings is 2. The molecular weight excluding hydrogens is 558 g/mol. The summed E-state index contributed by atoms with van der Waals surface area (Å²) in [6, 6.07) is 10.3. The van der Waals surface area contributed by atoms with Gasteiger partial charge in [0.2, 0.25) is 10.0 Å². The van der Waals surface area contributed by atoms with Crippen molar-refractivity contribution in [3.8, 4) is 22.6 Å². The lowest BCUT2D eigenvalue weighted by atomic mass is 10.0. The zero-order valence-corrected chi connectivity index (χ0v) is 22.6. The van der Waals surface area contributed by atoms with Crippen LogP contribution in [0.25, 0.3) is 22.0 Å². The number of hydrogen-bond donors (Lipinski definition) is 3. The Morgan fingerprint density at radius 3 is 2.56 bits per heavy atom. The number of nitrogens with one attached hydrogen (secondary N) is 3. The second-order valence-electron chi connectivity index (χ2n) is 9.14. The summed E-state index contributed by atoms with van der Waals surface area (Å²) < 4.78 is 67.3. The maximum absolute atomic E-state index is 14.5. The molecule has 212 valence electrons. The monoisotopic (exact) mass is 582 g/mol. The molecule has 1 amide bonds. The zero-order chi connectivity index (χ0) is 29.3. The van der Waals surface area contributed by atoms with Gasteiger partial charge in [-0.2, -0.15) is 0 Å². The van der Waals surface area contributed by atoms with Gasteiger partial charge in [0, 0.05) is 53.6 Å². The highest BCUT2D eigenvalue weighted by Gasteiger charge is 2.21. The number of amides is 1. The van der Waals surface area contributed by atoms with Crippen LogP contribution in [0, 0.1) is 11.6 Å². The van der Waals surface area contributed by atoms with Crippen LogP contribution in [0.1, 0.15) is 23.0 Å². The molecule has 0 spiro atoms. The minimum absolute atomic E-state index is 0.0201. The van der Waals surface area contributed by atoms with E-state index in [0.717, 1.165) is 17.7 Å². The molecule has 0 radical (unpaired) electrons. The SMILES string of the molecule is CCS(=O)(=O)Nc1ccc(Oc2ccc(F)cc2F)c(-c2cn(C)c3c(=O)[nH]c(C(=O)NCc4ccoc4)cc23)c1. The number of aromatic nitrogens is 2. The quantitative estimate of drug-likeness (QED) is 0.227. The Balaban J connectivity index is 1.64. The lowest BCUT2D eigenvalue weighted by molar-refractivity contribution is 0.0946. The summed E-state index contributed by atoms with van der Waals surface area (Å²) in [5, 5.41) is 3.06. The number of carbonyl (C=O) groups excluding carboxylic acids is 1. The van der Waals surface area contributed by atoms with E-state index in [1.54, 1.807) is 23.9 Å². The van der Waals surface area contributed by atoms with Crippen molar-refractivity contribution in [2.75, 3.05) is 10.5 Å². The highest BCUT2D eigenvalue weighted by Crippen LogP contribution is 2.40. The maximum atomic E-state index is 14.5. The van der Waals surface area contributed by atoms with Gasteiger partial charge < -0.3 is 24.0 Å². The van der Waals surface area contributed by atoms with Crippen molar-refractivity contribution >= 4 is 32.5 Å². The molecule has 0 saturated heterocycles. The van der Waals surface area contributed by atoms with Crippen LogP contribution in [-0.2, 0) is 23.6 Å². The minimum Gasteiger partial charge on any atom is -0.472 e. The molecule has 0 unspecified atom stereocenters. The first-order valence-corrected chi connectivity index (χ1v) is 14.0. The normalized spacial score (nSPS) is 11.5. The molecule has 41 heavy (non-hydrogen) atoms. The Morgan fingerprint density at radius 1 is 1.07 bits per heavy atom. The number of anilines is 1. The first-order valence-electron chi connectivity index (χ1n) is 12.3. The number of carbonyl (C=O) groups is 1. The summed E-state index contributed by atoms with van der Waals surface area (Å²) in [5.74, 6) is -2.64. The molecule has 3 aromatic heterocycles. The molecule has 0 saturated carbocycles. The Hall–Kier alpha value is -4.91.